The van der Waals surface area contributed by atoms with Gasteiger partial charge < -0.3 is 4.90 Å². The number of piperidine rings is 1. The SMILES string of the molecule is O=C(c1cccs1)C1CCCN(C(=O)CCCc2cn[nH]c2)C1. The summed E-state index contributed by atoms with van der Waals surface area (Å²) in [4.78, 5) is 27.5. The second-order valence-electron chi connectivity index (χ2n) is 5.98. The molecule has 0 radical (unpaired) electrons. The van der Waals surface area contributed by atoms with Gasteiger partial charge in [-0.3, -0.25) is 14.7 Å². The molecule has 1 aliphatic rings. The molecule has 122 valence electrons. The Balaban J connectivity index is 1.49. The van der Waals surface area contributed by atoms with Crippen LogP contribution in [0.1, 0.15) is 40.9 Å². The van der Waals surface area contributed by atoms with E-state index < -0.39 is 0 Å². The number of hydrogen-bond donors (Lipinski definition) is 1. The van der Waals surface area contributed by atoms with Crippen molar-refractivity contribution in [2.24, 2.45) is 5.92 Å². The Hall–Kier alpha value is -1.95. The number of thiophene rings is 1. The maximum atomic E-state index is 12.5. The predicted octanol–water partition coefficient (Wildman–Crippen LogP) is 2.92. The number of rotatable bonds is 6. The number of aromatic amines is 1. The number of Topliss-reactive ketones (excluding diaryl/α,β-unsaturated/α-hetero) is 1. The Morgan fingerprint density at radius 1 is 1.43 bits per heavy atom. The summed E-state index contributed by atoms with van der Waals surface area (Å²) >= 11 is 1.48. The Morgan fingerprint density at radius 3 is 3.09 bits per heavy atom. The molecule has 3 heterocycles. The van der Waals surface area contributed by atoms with Crippen LogP contribution in [0.15, 0.2) is 29.9 Å². The summed E-state index contributed by atoms with van der Waals surface area (Å²) in [5.41, 5.74) is 1.13. The summed E-state index contributed by atoms with van der Waals surface area (Å²) < 4.78 is 0. The minimum absolute atomic E-state index is 0.0415. The molecule has 3 rings (SSSR count). The standard InChI is InChI=1S/C17H21N3O2S/c21-16(7-1-4-13-10-18-19-11-13)20-8-2-5-14(12-20)17(22)15-6-3-9-23-15/h3,6,9-11,14H,1-2,4-5,7-8,12H2,(H,18,19). The van der Waals surface area contributed by atoms with Crippen molar-refractivity contribution in [3.05, 3.63) is 40.3 Å². The highest BCUT2D eigenvalue weighted by atomic mass is 32.1. The van der Waals surface area contributed by atoms with Gasteiger partial charge in [-0.2, -0.15) is 5.10 Å². The number of nitrogens with zero attached hydrogens (tertiary/aromatic N) is 2. The molecule has 5 nitrogen and oxygen atoms in total. The van der Waals surface area contributed by atoms with Gasteiger partial charge in [0.05, 0.1) is 11.1 Å². The Kier molecular flexibility index (Phi) is 5.23. The summed E-state index contributed by atoms with van der Waals surface area (Å²) in [5, 5.41) is 8.61. The molecule has 1 N–H and O–H groups in total. The number of H-pyrrole nitrogens is 1. The third kappa shape index (κ3) is 4.07. The monoisotopic (exact) mass is 331 g/mol. The average Bonchev–Trinajstić information content (AvgIpc) is 3.28. The van der Waals surface area contributed by atoms with Gasteiger partial charge in [-0.25, -0.2) is 0 Å². The lowest BCUT2D eigenvalue weighted by molar-refractivity contribution is -0.132. The van der Waals surface area contributed by atoms with E-state index in [-0.39, 0.29) is 17.6 Å². The molecular formula is C17H21N3O2S. The number of amides is 1. The topological polar surface area (TPSA) is 66.1 Å². The van der Waals surface area contributed by atoms with Crippen molar-refractivity contribution in [1.82, 2.24) is 15.1 Å². The number of aryl methyl sites for hydroxylation is 1. The molecule has 1 saturated heterocycles. The average molecular weight is 331 g/mol. The molecule has 2 aromatic rings. The minimum Gasteiger partial charge on any atom is -0.342 e. The Labute approximate surface area is 139 Å². The van der Waals surface area contributed by atoms with Gasteiger partial charge in [0, 0.05) is 31.6 Å². The fraction of sp³-hybridized carbons (Fsp3) is 0.471. The summed E-state index contributed by atoms with van der Waals surface area (Å²) in [6.07, 6.45) is 7.66. The Bertz CT molecular complexity index is 637. The molecule has 0 spiro atoms. The van der Waals surface area contributed by atoms with Crippen molar-refractivity contribution in [2.75, 3.05) is 13.1 Å². The predicted molar refractivity (Wildman–Crippen MR) is 89.5 cm³/mol. The van der Waals surface area contributed by atoms with E-state index in [0.717, 1.165) is 42.7 Å². The first-order valence-electron chi connectivity index (χ1n) is 8.07. The van der Waals surface area contributed by atoms with Crippen LogP contribution in [-0.2, 0) is 11.2 Å². The molecule has 6 heteroatoms. The second kappa shape index (κ2) is 7.55. The van der Waals surface area contributed by atoms with Crippen molar-refractivity contribution in [3.63, 3.8) is 0 Å². The molecule has 0 bridgehead atoms. The largest absolute Gasteiger partial charge is 0.342 e. The van der Waals surface area contributed by atoms with Gasteiger partial charge >= 0.3 is 0 Å². The quantitative estimate of drug-likeness (QED) is 0.828. The third-order valence-corrected chi connectivity index (χ3v) is 5.20. The highest BCUT2D eigenvalue weighted by Gasteiger charge is 2.29. The Morgan fingerprint density at radius 2 is 2.35 bits per heavy atom. The summed E-state index contributed by atoms with van der Waals surface area (Å²) in [7, 11) is 0. The van der Waals surface area contributed by atoms with E-state index in [4.69, 9.17) is 0 Å². The highest BCUT2D eigenvalue weighted by molar-refractivity contribution is 7.12. The maximum Gasteiger partial charge on any atom is 0.222 e. The number of nitrogens with one attached hydrogen (secondary N) is 1. The van der Waals surface area contributed by atoms with E-state index in [1.807, 2.05) is 28.6 Å². The van der Waals surface area contributed by atoms with Crippen LogP contribution in [0.3, 0.4) is 0 Å². The van der Waals surface area contributed by atoms with Gasteiger partial charge in [0.2, 0.25) is 5.91 Å². The van der Waals surface area contributed by atoms with E-state index >= 15 is 0 Å². The lowest BCUT2D eigenvalue weighted by atomic mass is 9.92. The van der Waals surface area contributed by atoms with Crippen LogP contribution in [-0.4, -0.2) is 39.9 Å². The molecule has 0 aromatic carbocycles. The number of hydrogen-bond acceptors (Lipinski definition) is 4. The van der Waals surface area contributed by atoms with Gasteiger partial charge in [0.25, 0.3) is 0 Å². The normalized spacial score (nSPS) is 18.1. The van der Waals surface area contributed by atoms with Crippen LogP contribution < -0.4 is 0 Å². The van der Waals surface area contributed by atoms with Gasteiger partial charge in [-0.1, -0.05) is 6.07 Å². The third-order valence-electron chi connectivity index (χ3n) is 4.32. The molecule has 2 aromatic heterocycles. The van der Waals surface area contributed by atoms with Gasteiger partial charge in [-0.15, -0.1) is 11.3 Å². The van der Waals surface area contributed by atoms with Crippen LogP contribution in [0.5, 0.6) is 0 Å². The molecule has 1 unspecified atom stereocenters. The molecule has 1 fully saturated rings. The highest BCUT2D eigenvalue weighted by Crippen LogP contribution is 2.23. The summed E-state index contributed by atoms with van der Waals surface area (Å²) in [5.74, 6) is 0.313. The summed E-state index contributed by atoms with van der Waals surface area (Å²) in [6.45, 7) is 1.35. The molecule has 0 aliphatic carbocycles. The van der Waals surface area contributed by atoms with Crippen LogP contribution in [0, 0.1) is 5.92 Å². The molecule has 0 saturated carbocycles. The molecule has 1 aliphatic heterocycles. The zero-order valence-electron chi connectivity index (χ0n) is 13.0. The van der Waals surface area contributed by atoms with Crippen LogP contribution in [0.25, 0.3) is 0 Å². The van der Waals surface area contributed by atoms with E-state index in [9.17, 15) is 9.59 Å². The number of carbonyl (C=O) groups excluding carboxylic acids is 2. The van der Waals surface area contributed by atoms with Gasteiger partial charge in [0.15, 0.2) is 5.78 Å². The van der Waals surface area contributed by atoms with E-state index in [0.29, 0.717) is 13.0 Å². The fourth-order valence-corrected chi connectivity index (χ4v) is 3.80. The fourth-order valence-electron chi connectivity index (χ4n) is 3.05. The number of likely N-dealkylation sites (tertiary alicyclic amines) is 1. The maximum absolute atomic E-state index is 12.5. The number of aromatic nitrogens is 2. The van der Waals surface area contributed by atoms with Crippen molar-refractivity contribution in [3.8, 4) is 0 Å². The van der Waals surface area contributed by atoms with Crippen molar-refractivity contribution in [1.29, 1.82) is 0 Å². The lowest BCUT2D eigenvalue weighted by Gasteiger charge is -2.32. The summed E-state index contributed by atoms with van der Waals surface area (Å²) in [6, 6.07) is 3.78. The van der Waals surface area contributed by atoms with Crippen LogP contribution in [0.4, 0.5) is 0 Å². The first kappa shape index (κ1) is 15.9. The lowest BCUT2D eigenvalue weighted by Crippen LogP contribution is -2.42. The van der Waals surface area contributed by atoms with E-state index in [2.05, 4.69) is 10.2 Å². The zero-order valence-corrected chi connectivity index (χ0v) is 13.8. The van der Waals surface area contributed by atoms with Crippen molar-refractivity contribution in [2.45, 2.75) is 32.1 Å². The van der Waals surface area contributed by atoms with Gasteiger partial charge in [0.1, 0.15) is 0 Å². The number of carbonyl (C=O) groups is 2. The molecule has 1 atom stereocenters. The second-order valence-corrected chi connectivity index (χ2v) is 6.93. The van der Waals surface area contributed by atoms with Crippen molar-refractivity contribution < 1.29 is 9.59 Å². The zero-order chi connectivity index (χ0) is 16.1. The molecular weight excluding hydrogens is 310 g/mol. The van der Waals surface area contributed by atoms with E-state index in [1.54, 1.807) is 6.20 Å². The molecule has 1 amide bonds. The molecule has 23 heavy (non-hydrogen) atoms. The smallest absolute Gasteiger partial charge is 0.222 e. The van der Waals surface area contributed by atoms with E-state index in [1.165, 1.54) is 11.3 Å². The van der Waals surface area contributed by atoms with Crippen LogP contribution in [0.2, 0.25) is 0 Å². The van der Waals surface area contributed by atoms with Gasteiger partial charge in [-0.05, 0) is 42.7 Å². The van der Waals surface area contributed by atoms with Crippen molar-refractivity contribution >= 4 is 23.0 Å². The van der Waals surface area contributed by atoms with Crippen LogP contribution >= 0.6 is 11.3 Å². The number of ketones is 1. The first-order chi connectivity index (χ1) is 11.2. The minimum atomic E-state index is -0.0415. The first-order valence-corrected chi connectivity index (χ1v) is 8.95.